The van der Waals surface area contributed by atoms with Gasteiger partial charge in [0.2, 0.25) is 0 Å². The molecule has 0 saturated heterocycles. The minimum Gasteiger partial charge on any atom is -0.496 e. The van der Waals surface area contributed by atoms with Crippen LogP contribution >= 0.6 is 11.8 Å². The van der Waals surface area contributed by atoms with Gasteiger partial charge in [0.25, 0.3) is 5.91 Å². The number of amides is 1. The predicted octanol–water partition coefficient (Wildman–Crippen LogP) is 3.89. The molecule has 0 radical (unpaired) electrons. The summed E-state index contributed by atoms with van der Waals surface area (Å²) < 4.78 is 7.21. The highest BCUT2D eigenvalue weighted by atomic mass is 32.2. The smallest absolute Gasteiger partial charge is 0.250 e. The number of hydrogen-bond acceptors (Lipinski definition) is 7. The normalized spacial score (nSPS) is 11.0. The topological polar surface area (TPSA) is 94.3 Å². The summed E-state index contributed by atoms with van der Waals surface area (Å²) in [5.41, 5.74) is 6.27. The summed E-state index contributed by atoms with van der Waals surface area (Å²) in [6.45, 7) is 2.03. The van der Waals surface area contributed by atoms with Crippen LogP contribution in [0.2, 0.25) is 0 Å². The van der Waals surface area contributed by atoms with Gasteiger partial charge in [-0.15, -0.1) is 10.2 Å². The summed E-state index contributed by atoms with van der Waals surface area (Å²) in [6, 6.07) is 19.3. The summed E-state index contributed by atoms with van der Waals surface area (Å²) in [5.74, 6) is 1.23. The molecule has 9 heteroatoms. The molecule has 0 aliphatic heterocycles. The standard InChI is InChI=1S/C24H22N6O2S/c1-17-7-9-20(10-8-17)30-23(18-11-13-25-14-12-18)28-29-24(30)33-16-22(31)27-26-15-19-5-3-4-6-21(19)32-2/h3-15H,16H2,1-2H3,(H,27,31). The Balaban J connectivity index is 1.50. The first kappa shape index (κ1) is 22.2. The van der Waals surface area contributed by atoms with E-state index < -0.39 is 0 Å². The molecule has 8 nitrogen and oxygen atoms in total. The quantitative estimate of drug-likeness (QED) is 0.245. The number of carbonyl (C=O) groups is 1. The minimum atomic E-state index is -0.255. The molecule has 33 heavy (non-hydrogen) atoms. The lowest BCUT2D eigenvalue weighted by atomic mass is 10.2. The van der Waals surface area contributed by atoms with Crippen molar-refractivity contribution < 1.29 is 9.53 Å². The number of hydrazone groups is 1. The van der Waals surface area contributed by atoms with Crippen LogP contribution in [0.4, 0.5) is 0 Å². The van der Waals surface area contributed by atoms with Gasteiger partial charge in [0.1, 0.15) is 5.75 Å². The second kappa shape index (κ2) is 10.6. The minimum absolute atomic E-state index is 0.129. The molecule has 0 saturated carbocycles. The van der Waals surface area contributed by atoms with E-state index in [1.807, 2.05) is 72.2 Å². The Bertz CT molecular complexity index is 1260. The first-order valence-electron chi connectivity index (χ1n) is 10.2. The van der Waals surface area contributed by atoms with E-state index in [2.05, 4.69) is 25.7 Å². The van der Waals surface area contributed by atoms with Crippen LogP contribution in [0, 0.1) is 6.92 Å². The molecule has 0 fully saturated rings. The van der Waals surface area contributed by atoms with Crippen LogP contribution < -0.4 is 10.2 Å². The molecule has 2 aromatic carbocycles. The molecule has 2 heterocycles. The lowest BCUT2D eigenvalue weighted by Crippen LogP contribution is -2.20. The fourth-order valence-electron chi connectivity index (χ4n) is 3.09. The van der Waals surface area contributed by atoms with Gasteiger partial charge in [-0.05, 0) is 43.3 Å². The number of para-hydroxylation sites is 1. The molecule has 4 aromatic rings. The first-order valence-corrected chi connectivity index (χ1v) is 11.1. The zero-order chi connectivity index (χ0) is 23.0. The summed E-state index contributed by atoms with van der Waals surface area (Å²) in [5, 5.41) is 13.4. The highest BCUT2D eigenvalue weighted by molar-refractivity contribution is 7.99. The summed E-state index contributed by atoms with van der Waals surface area (Å²) >= 11 is 1.29. The van der Waals surface area contributed by atoms with Crippen molar-refractivity contribution >= 4 is 23.9 Å². The van der Waals surface area contributed by atoms with Crippen molar-refractivity contribution in [1.29, 1.82) is 0 Å². The Kier molecular flexibility index (Phi) is 7.11. The van der Waals surface area contributed by atoms with Crippen molar-refractivity contribution in [3.05, 3.63) is 84.2 Å². The van der Waals surface area contributed by atoms with Crippen LogP contribution in [-0.4, -0.2) is 44.7 Å². The predicted molar refractivity (Wildman–Crippen MR) is 129 cm³/mol. The second-order valence-electron chi connectivity index (χ2n) is 7.04. The van der Waals surface area contributed by atoms with E-state index in [-0.39, 0.29) is 11.7 Å². The van der Waals surface area contributed by atoms with Gasteiger partial charge in [-0.3, -0.25) is 14.3 Å². The lowest BCUT2D eigenvalue weighted by Gasteiger charge is -2.10. The zero-order valence-electron chi connectivity index (χ0n) is 18.2. The van der Waals surface area contributed by atoms with Gasteiger partial charge >= 0.3 is 0 Å². The number of ether oxygens (including phenoxy) is 1. The van der Waals surface area contributed by atoms with Crippen LogP contribution in [0.15, 0.2) is 83.3 Å². The molecule has 0 aliphatic carbocycles. The average molecular weight is 459 g/mol. The average Bonchev–Trinajstić information content (AvgIpc) is 3.28. The number of aryl methyl sites for hydroxylation is 1. The monoisotopic (exact) mass is 458 g/mol. The van der Waals surface area contributed by atoms with Crippen molar-refractivity contribution in [2.24, 2.45) is 5.10 Å². The zero-order valence-corrected chi connectivity index (χ0v) is 19.0. The summed E-state index contributed by atoms with van der Waals surface area (Å²) in [7, 11) is 1.59. The molecule has 0 spiro atoms. The third-order valence-corrected chi connectivity index (χ3v) is 5.66. The van der Waals surface area contributed by atoms with Crippen LogP contribution in [-0.2, 0) is 4.79 Å². The summed E-state index contributed by atoms with van der Waals surface area (Å²) in [6.07, 6.45) is 4.98. The number of thioether (sulfide) groups is 1. The maximum atomic E-state index is 12.4. The maximum absolute atomic E-state index is 12.4. The maximum Gasteiger partial charge on any atom is 0.250 e. The Labute approximate surface area is 195 Å². The number of carbonyl (C=O) groups excluding carboxylic acids is 1. The van der Waals surface area contributed by atoms with Gasteiger partial charge in [0, 0.05) is 29.2 Å². The number of hydrogen-bond donors (Lipinski definition) is 1. The molecule has 4 rings (SSSR count). The Hall–Kier alpha value is -3.98. The van der Waals surface area contributed by atoms with Crippen molar-refractivity contribution in [3.63, 3.8) is 0 Å². The molecular formula is C24H22N6O2S. The number of rotatable bonds is 8. The third kappa shape index (κ3) is 5.45. The Morgan fingerprint density at radius 2 is 1.85 bits per heavy atom. The molecule has 166 valence electrons. The first-order chi connectivity index (χ1) is 16.2. The highest BCUT2D eigenvalue weighted by Crippen LogP contribution is 2.27. The third-order valence-electron chi connectivity index (χ3n) is 4.73. The molecule has 0 unspecified atom stereocenters. The number of nitrogens with one attached hydrogen (secondary N) is 1. The van der Waals surface area contributed by atoms with Crippen molar-refractivity contribution in [1.82, 2.24) is 25.2 Å². The number of benzene rings is 2. The summed E-state index contributed by atoms with van der Waals surface area (Å²) in [4.78, 5) is 16.5. The molecular weight excluding hydrogens is 436 g/mol. The van der Waals surface area contributed by atoms with Crippen molar-refractivity contribution in [3.8, 4) is 22.8 Å². The Morgan fingerprint density at radius 3 is 2.61 bits per heavy atom. The Morgan fingerprint density at radius 1 is 1.09 bits per heavy atom. The van der Waals surface area contributed by atoms with Gasteiger partial charge in [-0.25, -0.2) is 5.43 Å². The molecule has 2 aromatic heterocycles. The molecule has 1 amide bonds. The fourth-order valence-corrected chi connectivity index (χ4v) is 3.83. The fraction of sp³-hybridized carbons (Fsp3) is 0.125. The molecule has 0 bridgehead atoms. The molecule has 0 aliphatic rings. The van der Waals surface area contributed by atoms with Crippen molar-refractivity contribution in [2.45, 2.75) is 12.1 Å². The molecule has 1 N–H and O–H groups in total. The van der Waals surface area contributed by atoms with Gasteiger partial charge in [-0.2, -0.15) is 5.10 Å². The van der Waals surface area contributed by atoms with Crippen molar-refractivity contribution in [2.75, 3.05) is 12.9 Å². The number of nitrogens with zero attached hydrogens (tertiary/aromatic N) is 5. The van der Waals surface area contributed by atoms with E-state index in [1.54, 1.807) is 25.7 Å². The van der Waals surface area contributed by atoms with Crippen LogP contribution in [0.25, 0.3) is 17.1 Å². The largest absolute Gasteiger partial charge is 0.496 e. The number of pyridine rings is 1. The van der Waals surface area contributed by atoms with Crippen LogP contribution in [0.1, 0.15) is 11.1 Å². The van der Waals surface area contributed by atoms with E-state index in [9.17, 15) is 4.79 Å². The van der Waals surface area contributed by atoms with E-state index in [1.165, 1.54) is 11.8 Å². The second-order valence-corrected chi connectivity index (χ2v) is 7.98. The van der Waals surface area contributed by atoms with Crippen LogP contribution in [0.5, 0.6) is 5.75 Å². The number of methoxy groups -OCH3 is 1. The van der Waals surface area contributed by atoms with E-state index >= 15 is 0 Å². The van der Waals surface area contributed by atoms with Gasteiger partial charge in [0.05, 0.1) is 19.1 Å². The van der Waals surface area contributed by atoms with E-state index in [0.29, 0.717) is 16.7 Å². The lowest BCUT2D eigenvalue weighted by molar-refractivity contribution is -0.118. The van der Waals surface area contributed by atoms with E-state index in [4.69, 9.17) is 4.74 Å². The number of aromatic nitrogens is 4. The SMILES string of the molecule is COc1ccccc1C=NNC(=O)CSc1nnc(-c2ccncc2)n1-c1ccc(C)cc1. The van der Waals surface area contributed by atoms with Gasteiger partial charge in [0.15, 0.2) is 11.0 Å². The van der Waals surface area contributed by atoms with E-state index in [0.717, 1.165) is 22.4 Å². The molecule has 0 atom stereocenters. The highest BCUT2D eigenvalue weighted by Gasteiger charge is 2.17. The van der Waals surface area contributed by atoms with Crippen LogP contribution in [0.3, 0.4) is 0 Å². The van der Waals surface area contributed by atoms with Gasteiger partial charge < -0.3 is 4.74 Å². The van der Waals surface area contributed by atoms with Gasteiger partial charge in [-0.1, -0.05) is 41.6 Å².